The summed E-state index contributed by atoms with van der Waals surface area (Å²) in [4.78, 5) is 15.1. The Balaban J connectivity index is 1.52. The van der Waals surface area contributed by atoms with Crippen LogP contribution in [-0.4, -0.2) is 61.5 Å². The molecule has 1 saturated carbocycles. The van der Waals surface area contributed by atoms with Crippen LogP contribution in [0.2, 0.25) is 0 Å². The molecule has 216 valence electrons. The number of nitrogens with zero attached hydrogens (tertiary/aromatic N) is 1. The van der Waals surface area contributed by atoms with Crippen molar-refractivity contribution in [3.05, 3.63) is 35.1 Å². The number of hydrogen-bond acceptors (Lipinski definition) is 4. The summed E-state index contributed by atoms with van der Waals surface area (Å²) in [5.74, 6) is -2.61. The molecule has 0 radical (unpaired) electrons. The number of halogens is 3. The van der Waals surface area contributed by atoms with Gasteiger partial charge in [-0.2, -0.15) is 0 Å². The molecule has 1 unspecified atom stereocenters. The fraction of sp³-hybridized carbons (Fsp3) is 0.759. The predicted molar refractivity (Wildman–Crippen MR) is 142 cm³/mol. The number of piperidine rings is 1. The monoisotopic (exact) mass is 541 g/mol. The minimum absolute atomic E-state index is 0.0277. The Kier molecular flexibility index (Phi) is 12.7. The minimum Gasteiger partial charge on any atom is -0.388 e. The van der Waals surface area contributed by atoms with Crippen molar-refractivity contribution in [2.24, 2.45) is 11.8 Å². The third kappa shape index (κ3) is 9.12. The van der Waals surface area contributed by atoms with Crippen LogP contribution in [-0.2, 0) is 4.74 Å². The van der Waals surface area contributed by atoms with E-state index in [1.165, 1.54) is 32.1 Å². The van der Waals surface area contributed by atoms with Crippen LogP contribution in [0.25, 0.3) is 0 Å². The highest BCUT2D eigenvalue weighted by Crippen LogP contribution is 2.30. The highest BCUT2D eigenvalue weighted by molar-refractivity contribution is 5.74. The van der Waals surface area contributed by atoms with Gasteiger partial charge >= 0.3 is 6.03 Å². The van der Waals surface area contributed by atoms with Gasteiger partial charge in [-0.05, 0) is 64.5 Å². The lowest BCUT2D eigenvalue weighted by Crippen LogP contribution is -2.52. The second-order valence-electron chi connectivity index (χ2n) is 11.0. The van der Waals surface area contributed by atoms with Gasteiger partial charge < -0.3 is 25.4 Å². The molecule has 1 saturated heterocycles. The largest absolute Gasteiger partial charge is 0.388 e. The lowest BCUT2D eigenvalue weighted by molar-refractivity contribution is -0.0102. The summed E-state index contributed by atoms with van der Waals surface area (Å²) in [5.41, 5.74) is -0.361. The van der Waals surface area contributed by atoms with E-state index in [0.29, 0.717) is 44.5 Å². The van der Waals surface area contributed by atoms with Crippen LogP contribution >= 0.6 is 0 Å². The molecular weight excluding hydrogens is 495 g/mol. The number of carbonyl (C=O) groups is 1. The molecule has 3 rings (SSSR count). The smallest absolute Gasteiger partial charge is 0.317 e. The number of likely N-dealkylation sites (tertiary alicyclic amines) is 1. The molecule has 2 amide bonds. The summed E-state index contributed by atoms with van der Waals surface area (Å²) in [6.07, 6.45) is 9.03. The van der Waals surface area contributed by atoms with Gasteiger partial charge in [0.25, 0.3) is 0 Å². The number of aliphatic hydroxyl groups excluding tert-OH is 1. The predicted octanol–water partition coefficient (Wildman–Crippen LogP) is 5.69. The molecule has 38 heavy (non-hydrogen) atoms. The molecule has 0 aromatic heterocycles. The second kappa shape index (κ2) is 15.7. The van der Waals surface area contributed by atoms with Gasteiger partial charge in [0.05, 0.1) is 12.2 Å². The van der Waals surface area contributed by atoms with E-state index >= 15 is 0 Å². The number of nitrogens with one attached hydrogen (secondary N) is 2. The summed E-state index contributed by atoms with van der Waals surface area (Å²) in [7, 11) is 1.92. The van der Waals surface area contributed by atoms with Gasteiger partial charge in [-0.25, -0.2) is 18.0 Å². The number of amides is 2. The molecule has 3 N–H and O–H groups in total. The van der Waals surface area contributed by atoms with Crippen LogP contribution < -0.4 is 10.6 Å². The summed E-state index contributed by atoms with van der Waals surface area (Å²) in [5, 5.41) is 16.9. The van der Waals surface area contributed by atoms with Crippen LogP contribution in [0.1, 0.15) is 89.2 Å². The van der Waals surface area contributed by atoms with Crippen molar-refractivity contribution in [1.29, 1.82) is 0 Å². The quantitative estimate of drug-likeness (QED) is 0.281. The van der Waals surface area contributed by atoms with Gasteiger partial charge in [0, 0.05) is 49.8 Å². The van der Waals surface area contributed by atoms with Crippen molar-refractivity contribution >= 4 is 6.03 Å². The van der Waals surface area contributed by atoms with Gasteiger partial charge in [-0.15, -0.1) is 0 Å². The van der Waals surface area contributed by atoms with Gasteiger partial charge in [-0.1, -0.05) is 32.1 Å². The SMILES string of the molecule is CCOC(CCC[C@H](O)c1cc(F)cc(F)c1F)[C@@H]1CCCN(C(=O)N[C@H](CNC)CC2CCCCC2)C1. The van der Waals surface area contributed by atoms with Gasteiger partial charge in [0.1, 0.15) is 5.82 Å². The Morgan fingerprint density at radius 2 is 1.89 bits per heavy atom. The van der Waals surface area contributed by atoms with E-state index in [0.717, 1.165) is 31.9 Å². The van der Waals surface area contributed by atoms with Crippen molar-refractivity contribution < 1.29 is 27.8 Å². The molecule has 1 aliphatic heterocycles. The number of carbonyl (C=O) groups excluding carboxylic acids is 1. The van der Waals surface area contributed by atoms with Crippen LogP contribution in [0.15, 0.2) is 12.1 Å². The summed E-state index contributed by atoms with van der Waals surface area (Å²) in [6, 6.07) is 1.39. The Morgan fingerprint density at radius 3 is 2.61 bits per heavy atom. The van der Waals surface area contributed by atoms with Crippen LogP contribution in [0.5, 0.6) is 0 Å². The van der Waals surface area contributed by atoms with Gasteiger partial charge in [0.15, 0.2) is 11.6 Å². The number of aliphatic hydroxyl groups is 1. The lowest BCUT2D eigenvalue weighted by Gasteiger charge is -2.38. The summed E-state index contributed by atoms with van der Waals surface area (Å²) in [6.45, 7) is 4.50. The highest BCUT2D eigenvalue weighted by Gasteiger charge is 2.31. The summed E-state index contributed by atoms with van der Waals surface area (Å²) >= 11 is 0. The zero-order valence-corrected chi connectivity index (χ0v) is 23.0. The zero-order valence-electron chi connectivity index (χ0n) is 23.0. The molecule has 9 heteroatoms. The highest BCUT2D eigenvalue weighted by atomic mass is 19.2. The number of hydrogen-bond donors (Lipinski definition) is 3. The molecule has 1 aromatic rings. The molecule has 6 nitrogen and oxygen atoms in total. The Bertz CT molecular complexity index is 869. The molecule has 1 aliphatic carbocycles. The first-order chi connectivity index (χ1) is 18.3. The number of rotatable bonds is 13. The van der Waals surface area contributed by atoms with Crippen molar-refractivity contribution in [2.75, 3.05) is 33.3 Å². The van der Waals surface area contributed by atoms with Gasteiger partial charge in [-0.3, -0.25) is 0 Å². The first kappa shape index (κ1) is 30.7. The van der Waals surface area contributed by atoms with Crippen LogP contribution in [0.4, 0.5) is 18.0 Å². The second-order valence-corrected chi connectivity index (χ2v) is 11.0. The number of urea groups is 1. The molecule has 0 bridgehead atoms. The number of ether oxygens (including phenoxy) is 1. The van der Waals surface area contributed by atoms with Crippen molar-refractivity contribution in [2.45, 2.75) is 95.8 Å². The van der Waals surface area contributed by atoms with Crippen molar-refractivity contribution in [3.63, 3.8) is 0 Å². The van der Waals surface area contributed by atoms with Crippen LogP contribution in [0.3, 0.4) is 0 Å². The van der Waals surface area contributed by atoms with Crippen molar-refractivity contribution in [3.8, 4) is 0 Å². The third-order valence-electron chi connectivity index (χ3n) is 8.12. The Labute approximate surface area is 225 Å². The Hall–Kier alpha value is -1.84. The average Bonchev–Trinajstić information content (AvgIpc) is 2.91. The molecule has 1 heterocycles. The van der Waals surface area contributed by atoms with Crippen LogP contribution in [0, 0.1) is 29.3 Å². The average molecular weight is 542 g/mol. The maximum Gasteiger partial charge on any atom is 0.317 e. The summed E-state index contributed by atoms with van der Waals surface area (Å²) < 4.78 is 47.2. The molecule has 0 spiro atoms. The van der Waals surface area contributed by atoms with E-state index in [1.807, 2.05) is 18.9 Å². The maximum atomic E-state index is 14.0. The standard InChI is InChI=1S/C29H46F3N3O3/c1-3-38-27(13-7-12-26(36)24-16-22(30)17-25(31)28(24)32)21-11-8-14-35(19-21)29(37)34-23(18-33-2)15-20-9-5-4-6-10-20/h16-17,20-21,23,26-27,33,36H,3-15,18-19H2,1-2H3,(H,34,37)/t21-,23+,26+,27?/m1/s1. The van der Waals surface area contributed by atoms with E-state index in [1.54, 1.807) is 0 Å². The van der Waals surface area contributed by atoms with Gasteiger partial charge in [0.2, 0.25) is 0 Å². The minimum atomic E-state index is -1.30. The van der Waals surface area contributed by atoms with Crippen molar-refractivity contribution in [1.82, 2.24) is 15.5 Å². The molecule has 2 fully saturated rings. The van der Waals surface area contributed by atoms with E-state index < -0.39 is 23.6 Å². The molecule has 4 atom stereocenters. The zero-order chi connectivity index (χ0) is 27.5. The van der Waals surface area contributed by atoms with E-state index in [9.17, 15) is 23.1 Å². The first-order valence-corrected chi connectivity index (χ1v) is 14.5. The Morgan fingerprint density at radius 1 is 1.13 bits per heavy atom. The third-order valence-corrected chi connectivity index (χ3v) is 8.12. The normalized spacial score (nSPS) is 21.2. The number of benzene rings is 1. The first-order valence-electron chi connectivity index (χ1n) is 14.5. The maximum absolute atomic E-state index is 14.0. The topological polar surface area (TPSA) is 73.8 Å². The fourth-order valence-electron chi connectivity index (χ4n) is 6.18. The number of likely N-dealkylation sites (N-methyl/N-ethyl adjacent to an activating group) is 1. The molecular formula is C29H46F3N3O3. The lowest BCUT2D eigenvalue weighted by atomic mass is 9.85. The van der Waals surface area contributed by atoms with E-state index in [4.69, 9.17) is 4.74 Å². The van der Waals surface area contributed by atoms with E-state index in [2.05, 4.69) is 10.6 Å². The molecule has 2 aliphatic rings. The fourth-order valence-corrected chi connectivity index (χ4v) is 6.18. The van der Waals surface area contributed by atoms with E-state index in [-0.39, 0.29) is 36.1 Å². The molecule has 1 aromatic carbocycles.